The van der Waals surface area contributed by atoms with Crippen LogP contribution in [-0.4, -0.2) is 23.7 Å². The monoisotopic (exact) mass is 293 g/mol. The average molecular weight is 294 g/mol. The van der Waals surface area contributed by atoms with Crippen molar-refractivity contribution in [3.63, 3.8) is 0 Å². The zero-order valence-corrected chi connectivity index (χ0v) is 12.4. The molecule has 1 heterocycles. The van der Waals surface area contributed by atoms with Crippen LogP contribution in [0.2, 0.25) is 5.02 Å². The number of halogens is 1. The molecule has 1 saturated heterocycles. The van der Waals surface area contributed by atoms with E-state index < -0.39 is 5.97 Å². The summed E-state index contributed by atoms with van der Waals surface area (Å²) in [6.07, 6.45) is 7.62. The molecule has 1 aliphatic rings. The molecule has 20 heavy (non-hydrogen) atoms. The maximum atomic E-state index is 10.5. The van der Waals surface area contributed by atoms with Gasteiger partial charge in [-0.05, 0) is 43.5 Å². The Morgan fingerprint density at radius 2 is 2.20 bits per heavy atom. The molecule has 0 saturated carbocycles. The van der Waals surface area contributed by atoms with Gasteiger partial charge in [0.05, 0.1) is 10.7 Å². The summed E-state index contributed by atoms with van der Waals surface area (Å²) < 4.78 is 0. The van der Waals surface area contributed by atoms with Crippen molar-refractivity contribution in [2.45, 2.75) is 38.6 Å². The molecule has 4 heteroatoms. The minimum Gasteiger partial charge on any atom is -0.478 e. The van der Waals surface area contributed by atoms with Gasteiger partial charge in [-0.1, -0.05) is 30.5 Å². The van der Waals surface area contributed by atoms with Crippen LogP contribution >= 0.6 is 11.6 Å². The van der Waals surface area contributed by atoms with Gasteiger partial charge in [-0.15, -0.1) is 0 Å². The summed E-state index contributed by atoms with van der Waals surface area (Å²) in [6, 6.07) is 6.23. The van der Waals surface area contributed by atoms with E-state index in [0.717, 1.165) is 23.9 Å². The highest BCUT2D eigenvalue weighted by Gasteiger charge is 2.19. The van der Waals surface area contributed by atoms with E-state index in [1.54, 1.807) is 6.08 Å². The van der Waals surface area contributed by atoms with Gasteiger partial charge in [0, 0.05) is 18.7 Å². The van der Waals surface area contributed by atoms with E-state index in [1.807, 2.05) is 18.2 Å². The molecule has 1 unspecified atom stereocenters. The zero-order chi connectivity index (χ0) is 14.5. The van der Waals surface area contributed by atoms with Crippen LogP contribution in [0.1, 0.15) is 38.2 Å². The predicted octanol–water partition coefficient (Wildman–Crippen LogP) is 4.21. The smallest absolute Gasteiger partial charge is 0.328 e. The number of hydrogen-bond donors (Lipinski definition) is 1. The van der Waals surface area contributed by atoms with Crippen molar-refractivity contribution in [3.05, 3.63) is 34.9 Å². The summed E-state index contributed by atoms with van der Waals surface area (Å²) in [7, 11) is 0. The maximum Gasteiger partial charge on any atom is 0.328 e. The van der Waals surface area contributed by atoms with Crippen LogP contribution < -0.4 is 4.90 Å². The number of rotatable bonds is 3. The lowest BCUT2D eigenvalue weighted by atomic mass is 10.1. The van der Waals surface area contributed by atoms with Crippen molar-refractivity contribution in [1.29, 1.82) is 0 Å². The number of carbonyl (C=O) groups is 1. The molecule has 0 radical (unpaired) electrons. The maximum absolute atomic E-state index is 10.5. The molecular weight excluding hydrogens is 274 g/mol. The fourth-order valence-electron chi connectivity index (χ4n) is 2.66. The highest BCUT2D eigenvalue weighted by atomic mass is 35.5. The molecule has 3 nitrogen and oxygen atoms in total. The predicted molar refractivity (Wildman–Crippen MR) is 83.4 cm³/mol. The van der Waals surface area contributed by atoms with E-state index in [9.17, 15) is 4.79 Å². The summed E-state index contributed by atoms with van der Waals surface area (Å²) in [4.78, 5) is 12.9. The van der Waals surface area contributed by atoms with Gasteiger partial charge in [0.15, 0.2) is 0 Å². The number of hydrogen-bond acceptors (Lipinski definition) is 2. The first-order valence-corrected chi connectivity index (χ1v) is 7.43. The molecule has 1 aromatic rings. The van der Waals surface area contributed by atoms with Crippen molar-refractivity contribution in [3.8, 4) is 0 Å². The summed E-state index contributed by atoms with van der Waals surface area (Å²) in [5.74, 6) is -0.952. The molecule has 1 N–H and O–H groups in total. The SMILES string of the molecule is CC1CCCCCN1c1ccc(/C=C/C(=O)O)cc1Cl. The molecule has 0 spiro atoms. The fraction of sp³-hybridized carbons (Fsp3) is 0.438. The molecule has 0 amide bonds. The van der Waals surface area contributed by atoms with Crippen LogP contribution in [-0.2, 0) is 4.79 Å². The molecule has 108 valence electrons. The van der Waals surface area contributed by atoms with Gasteiger partial charge >= 0.3 is 5.97 Å². The third-order valence-electron chi connectivity index (χ3n) is 3.75. The van der Waals surface area contributed by atoms with Crippen LogP contribution in [0.25, 0.3) is 6.08 Å². The lowest BCUT2D eigenvalue weighted by Crippen LogP contribution is -2.32. The molecule has 1 aliphatic heterocycles. The van der Waals surface area contributed by atoms with Crippen molar-refractivity contribution in [1.82, 2.24) is 0 Å². The van der Waals surface area contributed by atoms with Gasteiger partial charge in [0.2, 0.25) is 0 Å². The van der Waals surface area contributed by atoms with E-state index >= 15 is 0 Å². The Hall–Kier alpha value is -1.48. The van der Waals surface area contributed by atoms with Crippen LogP contribution in [0.15, 0.2) is 24.3 Å². The minimum atomic E-state index is -0.952. The van der Waals surface area contributed by atoms with Crippen molar-refractivity contribution in [2.75, 3.05) is 11.4 Å². The quantitative estimate of drug-likeness (QED) is 0.849. The molecule has 1 aromatic carbocycles. The summed E-state index contributed by atoms with van der Waals surface area (Å²) in [5, 5.41) is 9.33. The second-order valence-electron chi connectivity index (χ2n) is 5.27. The fourth-order valence-corrected chi connectivity index (χ4v) is 2.96. The zero-order valence-electron chi connectivity index (χ0n) is 11.7. The molecule has 0 bridgehead atoms. The van der Waals surface area contributed by atoms with Crippen LogP contribution in [0, 0.1) is 0 Å². The Morgan fingerprint density at radius 1 is 1.40 bits per heavy atom. The number of carboxylic acid groups (broad SMARTS) is 1. The summed E-state index contributed by atoms with van der Waals surface area (Å²) in [6.45, 7) is 3.27. The van der Waals surface area contributed by atoms with Crippen molar-refractivity contribution in [2.24, 2.45) is 0 Å². The van der Waals surface area contributed by atoms with Gasteiger partial charge in [-0.2, -0.15) is 0 Å². The van der Waals surface area contributed by atoms with Crippen molar-refractivity contribution < 1.29 is 9.90 Å². The number of benzene rings is 1. The van der Waals surface area contributed by atoms with E-state index in [-0.39, 0.29) is 0 Å². The first-order valence-electron chi connectivity index (χ1n) is 7.05. The highest BCUT2D eigenvalue weighted by Crippen LogP contribution is 2.31. The average Bonchev–Trinajstić information content (AvgIpc) is 2.61. The first-order chi connectivity index (χ1) is 9.58. The molecule has 1 fully saturated rings. The Bertz CT molecular complexity index is 513. The van der Waals surface area contributed by atoms with Crippen LogP contribution in [0.5, 0.6) is 0 Å². The first kappa shape index (κ1) is 14.9. The van der Waals surface area contributed by atoms with Gasteiger partial charge in [-0.25, -0.2) is 4.79 Å². The van der Waals surface area contributed by atoms with Gasteiger partial charge < -0.3 is 10.0 Å². The number of anilines is 1. The third-order valence-corrected chi connectivity index (χ3v) is 4.06. The van der Waals surface area contributed by atoms with E-state index in [0.29, 0.717) is 11.1 Å². The summed E-state index contributed by atoms with van der Waals surface area (Å²) >= 11 is 6.37. The Morgan fingerprint density at radius 3 is 2.90 bits per heavy atom. The number of nitrogens with zero attached hydrogens (tertiary/aromatic N) is 1. The highest BCUT2D eigenvalue weighted by molar-refractivity contribution is 6.33. The minimum absolute atomic E-state index is 0.496. The molecule has 2 rings (SSSR count). The lowest BCUT2D eigenvalue weighted by Gasteiger charge is -2.30. The number of carboxylic acids is 1. The largest absolute Gasteiger partial charge is 0.478 e. The molecular formula is C16H20ClNO2. The molecule has 1 atom stereocenters. The normalized spacial score (nSPS) is 20.1. The Labute approximate surface area is 124 Å². The standard InChI is InChI=1S/C16H20ClNO2/c1-12-5-3-2-4-10-18(12)15-8-6-13(11-14(15)17)7-9-16(19)20/h6-9,11-12H,2-5,10H2,1H3,(H,19,20)/b9-7+. The van der Waals surface area contributed by atoms with E-state index in [2.05, 4.69) is 11.8 Å². The van der Waals surface area contributed by atoms with Crippen LogP contribution in [0.3, 0.4) is 0 Å². The van der Waals surface area contributed by atoms with Crippen molar-refractivity contribution >= 4 is 29.3 Å². The van der Waals surface area contributed by atoms with E-state index in [4.69, 9.17) is 16.7 Å². The number of aliphatic carboxylic acids is 1. The third kappa shape index (κ3) is 3.76. The second kappa shape index (κ2) is 6.80. The van der Waals surface area contributed by atoms with Gasteiger partial charge in [-0.3, -0.25) is 0 Å². The van der Waals surface area contributed by atoms with Gasteiger partial charge in [0.1, 0.15) is 0 Å². The Kier molecular flexibility index (Phi) is 5.07. The Balaban J connectivity index is 2.22. The van der Waals surface area contributed by atoms with E-state index in [1.165, 1.54) is 25.7 Å². The molecule has 0 aliphatic carbocycles. The lowest BCUT2D eigenvalue weighted by molar-refractivity contribution is -0.131. The summed E-state index contributed by atoms with van der Waals surface area (Å²) in [5.41, 5.74) is 1.86. The molecule has 0 aromatic heterocycles. The second-order valence-corrected chi connectivity index (χ2v) is 5.68. The topological polar surface area (TPSA) is 40.5 Å². The van der Waals surface area contributed by atoms with Crippen LogP contribution in [0.4, 0.5) is 5.69 Å². The van der Waals surface area contributed by atoms with Gasteiger partial charge in [0.25, 0.3) is 0 Å².